The van der Waals surface area contributed by atoms with Gasteiger partial charge in [-0.05, 0) is 12.8 Å². The lowest BCUT2D eigenvalue weighted by atomic mass is 9.80. The van der Waals surface area contributed by atoms with E-state index in [1.165, 1.54) is 6.42 Å². The Morgan fingerprint density at radius 1 is 1.13 bits per heavy atom. The molecule has 3 heteroatoms. The summed E-state index contributed by atoms with van der Waals surface area (Å²) in [6.45, 7) is 1.60. The van der Waals surface area contributed by atoms with E-state index in [1.54, 1.807) is 0 Å². The van der Waals surface area contributed by atoms with E-state index in [-0.39, 0.29) is 5.54 Å². The van der Waals surface area contributed by atoms with Gasteiger partial charge in [-0.1, -0.05) is 19.3 Å². The highest BCUT2D eigenvalue weighted by molar-refractivity contribution is 5.79. The van der Waals surface area contributed by atoms with E-state index >= 15 is 0 Å². The fourth-order valence-corrected chi connectivity index (χ4v) is 2.82. The van der Waals surface area contributed by atoms with E-state index in [0.29, 0.717) is 18.6 Å². The molecular formula is C12H18N2O. The van der Waals surface area contributed by atoms with Crippen LogP contribution < -0.4 is 0 Å². The third-order valence-electron chi connectivity index (χ3n) is 3.82. The average molecular weight is 206 g/mol. The van der Waals surface area contributed by atoms with Gasteiger partial charge in [0, 0.05) is 25.9 Å². The molecule has 0 amide bonds. The second kappa shape index (κ2) is 4.32. The molecule has 1 saturated carbocycles. The smallest absolute Gasteiger partial charge is 0.135 e. The minimum Gasteiger partial charge on any atom is -0.300 e. The van der Waals surface area contributed by atoms with Gasteiger partial charge in [0.15, 0.2) is 0 Å². The van der Waals surface area contributed by atoms with Crippen molar-refractivity contribution in [1.29, 1.82) is 5.26 Å². The summed E-state index contributed by atoms with van der Waals surface area (Å²) in [5.41, 5.74) is -0.237. The van der Waals surface area contributed by atoms with Crippen molar-refractivity contribution in [2.45, 2.75) is 50.5 Å². The quantitative estimate of drug-likeness (QED) is 0.658. The second-order valence-electron chi connectivity index (χ2n) is 4.73. The molecule has 3 nitrogen and oxygen atoms in total. The van der Waals surface area contributed by atoms with Gasteiger partial charge in [-0.2, -0.15) is 5.26 Å². The molecule has 2 fully saturated rings. The van der Waals surface area contributed by atoms with E-state index in [0.717, 1.165) is 38.8 Å². The Morgan fingerprint density at radius 2 is 1.73 bits per heavy atom. The van der Waals surface area contributed by atoms with Gasteiger partial charge in [0.2, 0.25) is 0 Å². The third kappa shape index (κ3) is 2.05. The summed E-state index contributed by atoms with van der Waals surface area (Å²) in [4.78, 5) is 13.4. The lowest BCUT2D eigenvalue weighted by Crippen LogP contribution is -2.52. The normalized spacial score (nSPS) is 27.3. The lowest BCUT2D eigenvalue weighted by molar-refractivity contribution is -0.122. The number of likely N-dealkylation sites (tertiary alicyclic amines) is 1. The standard InChI is InChI=1S/C12H18N2O/c13-10-12(6-2-1-3-7-12)14-8-4-11(15)5-9-14/h1-9H2. The van der Waals surface area contributed by atoms with Gasteiger partial charge in [-0.15, -0.1) is 0 Å². The van der Waals surface area contributed by atoms with Gasteiger partial charge in [-0.3, -0.25) is 9.69 Å². The number of Topliss-reactive ketones (excluding diaryl/α,β-unsaturated/α-hetero) is 1. The number of hydrogen-bond donors (Lipinski definition) is 0. The monoisotopic (exact) mass is 206 g/mol. The van der Waals surface area contributed by atoms with Crippen LogP contribution in [-0.2, 0) is 4.79 Å². The molecule has 1 aliphatic carbocycles. The van der Waals surface area contributed by atoms with Crippen molar-refractivity contribution in [3.63, 3.8) is 0 Å². The summed E-state index contributed by atoms with van der Waals surface area (Å²) in [5, 5.41) is 9.38. The Balaban J connectivity index is 2.06. The number of nitriles is 1. The molecule has 1 aliphatic heterocycles. The first-order valence-corrected chi connectivity index (χ1v) is 5.95. The first kappa shape index (κ1) is 10.6. The Labute approximate surface area is 91.1 Å². The van der Waals surface area contributed by atoms with Crippen LogP contribution in [0.25, 0.3) is 0 Å². The molecule has 2 rings (SSSR count). The summed E-state index contributed by atoms with van der Waals surface area (Å²) in [6, 6.07) is 2.52. The topological polar surface area (TPSA) is 44.1 Å². The Morgan fingerprint density at radius 3 is 2.27 bits per heavy atom. The van der Waals surface area contributed by atoms with Gasteiger partial charge in [-0.25, -0.2) is 0 Å². The van der Waals surface area contributed by atoms with Crippen molar-refractivity contribution in [2.75, 3.05) is 13.1 Å². The molecule has 0 unspecified atom stereocenters. The molecule has 0 aromatic rings. The van der Waals surface area contributed by atoms with E-state index < -0.39 is 0 Å². The molecule has 1 saturated heterocycles. The first-order chi connectivity index (χ1) is 7.27. The van der Waals surface area contributed by atoms with E-state index in [1.807, 2.05) is 0 Å². The number of rotatable bonds is 1. The van der Waals surface area contributed by atoms with Crippen LogP contribution in [0.15, 0.2) is 0 Å². The van der Waals surface area contributed by atoms with Crippen molar-refractivity contribution >= 4 is 5.78 Å². The second-order valence-corrected chi connectivity index (χ2v) is 4.73. The van der Waals surface area contributed by atoms with Gasteiger partial charge >= 0.3 is 0 Å². The van der Waals surface area contributed by atoms with Crippen LogP contribution in [0.5, 0.6) is 0 Å². The predicted molar refractivity (Wildman–Crippen MR) is 57.2 cm³/mol. The van der Waals surface area contributed by atoms with Gasteiger partial charge < -0.3 is 0 Å². The number of hydrogen-bond acceptors (Lipinski definition) is 3. The van der Waals surface area contributed by atoms with Crippen LogP contribution in [-0.4, -0.2) is 29.3 Å². The minimum absolute atomic E-state index is 0.237. The average Bonchev–Trinajstić information content (AvgIpc) is 2.31. The molecular weight excluding hydrogens is 188 g/mol. The summed E-state index contributed by atoms with van der Waals surface area (Å²) < 4.78 is 0. The van der Waals surface area contributed by atoms with E-state index in [4.69, 9.17) is 0 Å². The maximum absolute atomic E-state index is 11.2. The minimum atomic E-state index is -0.237. The Bertz CT molecular complexity index is 276. The van der Waals surface area contributed by atoms with Gasteiger partial charge in [0.05, 0.1) is 6.07 Å². The molecule has 2 aliphatic rings. The fraction of sp³-hybridized carbons (Fsp3) is 0.833. The predicted octanol–water partition coefficient (Wildman–Crippen LogP) is 1.88. The first-order valence-electron chi connectivity index (χ1n) is 5.95. The van der Waals surface area contributed by atoms with Crippen LogP contribution in [0.4, 0.5) is 0 Å². The highest BCUT2D eigenvalue weighted by atomic mass is 16.1. The summed E-state index contributed by atoms with van der Waals surface area (Å²) >= 11 is 0. The largest absolute Gasteiger partial charge is 0.300 e. The molecule has 0 aromatic carbocycles. The Kier molecular flexibility index (Phi) is 3.06. The summed E-state index contributed by atoms with van der Waals surface area (Å²) in [6.07, 6.45) is 6.87. The van der Waals surface area contributed by atoms with Crippen molar-refractivity contribution in [1.82, 2.24) is 4.90 Å². The summed E-state index contributed by atoms with van der Waals surface area (Å²) in [5.74, 6) is 0.357. The SMILES string of the molecule is N#CC1(N2CCC(=O)CC2)CCCCC1. The zero-order valence-electron chi connectivity index (χ0n) is 9.17. The maximum atomic E-state index is 11.2. The highest BCUT2D eigenvalue weighted by Gasteiger charge is 2.39. The molecule has 0 spiro atoms. The van der Waals surface area contributed by atoms with Gasteiger partial charge in [0.25, 0.3) is 0 Å². The van der Waals surface area contributed by atoms with Crippen molar-refractivity contribution in [2.24, 2.45) is 0 Å². The molecule has 0 aromatic heterocycles. The number of nitrogens with zero attached hydrogens (tertiary/aromatic N) is 2. The number of piperidine rings is 1. The van der Waals surface area contributed by atoms with Crippen LogP contribution in [0.1, 0.15) is 44.9 Å². The lowest BCUT2D eigenvalue weighted by Gasteiger charge is -2.42. The molecule has 0 bridgehead atoms. The molecule has 15 heavy (non-hydrogen) atoms. The molecule has 82 valence electrons. The number of carbonyl (C=O) groups excluding carboxylic acids is 1. The highest BCUT2D eigenvalue weighted by Crippen LogP contribution is 2.34. The van der Waals surface area contributed by atoms with E-state index in [2.05, 4.69) is 11.0 Å². The number of carbonyl (C=O) groups is 1. The number of ketones is 1. The molecule has 0 radical (unpaired) electrons. The Hall–Kier alpha value is -0.880. The van der Waals surface area contributed by atoms with Crippen molar-refractivity contribution < 1.29 is 4.79 Å². The fourth-order valence-electron chi connectivity index (χ4n) is 2.82. The molecule has 1 heterocycles. The zero-order chi connectivity index (χ0) is 10.7. The van der Waals surface area contributed by atoms with Crippen molar-refractivity contribution in [3.8, 4) is 6.07 Å². The van der Waals surface area contributed by atoms with Crippen LogP contribution >= 0.6 is 0 Å². The van der Waals surface area contributed by atoms with Crippen LogP contribution in [0.3, 0.4) is 0 Å². The van der Waals surface area contributed by atoms with Gasteiger partial charge in [0.1, 0.15) is 11.3 Å². The van der Waals surface area contributed by atoms with Crippen LogP contribution in [0.2, 0.25) is 0 Å². The van der Waals surface area contributed by atoms with Crippen molar-refractivity contribution in [3.05, 3.63) is 0 Å². The van der Waals surface area contributed by atoms with E-state index in [9.17, 15) is 10.1 Å². The molecule has 0 N–H and O–H groups in total. The third-order valence-corrected chi connectivity index (χ3v) is 3.82. The van der Waals surface area contributed by atoms with Crippen LogP contribution in [0, 0.1) is 11.3 Å². The summed E-state index contributed by atoms with van der Waals surface area (Å²) in [7, 11) is 0. The zero-order valence-corrected chi connectivity index (χ0v) is 9.17. The maximum Gasteiger partial charge on any atom is 0.135 e. The molecule has 0 atom stereocenters.